The van der Waals surface area contributed by atoms with Gasteiger partial charge in [0.25, 0.3) is 0 Å². The zero-order valence-electron chi connectivity index (χ0n) is 9.44. The molecule has 82 valence electrons. The van der Waals surface area contributed by atoms with Crippen LogP contribution in [-0.2, 0) is 0 Å². The first-order chi connectivity index (χ1) is 7.66. The Morgan fingerprint density at radius 3 is 2.25 bits per heavy atom. The molecule has 1 aromatic heterocycles. The molecule has 0 saturated heterocycles. The molecule has 2 aromatic rings. The van der Waals surface area contributed by atoms with Gasteiger partial charge in [0.05, 0.1) is 0 Å². The minimum Gasteiger partial charge on any atom is -0.245 e. The zero-order valence-corrected chi connectivity index (χ0v) is 10.2. The van der Waals surface area contributed by atoms with Crippen LogP contribution in [0.1, 0.15) is 25.3 Å². The minimum atomic E-state index is 0.533. The highest BCUT2D eigenvalue weighted by atomic mass is 35.5. The van der Waals surface area contributed by atoms with Crippen molar-refractivity contribution in [1.29, 1.82) is 0 Å². The van der Waals surface area contributed by atoms with Crippen molar-refractivity contribution < 1.29 is 0 Å². The molecule has 2 heteroatoms. The third-order valence-corrected chi connectivity index (χ3v) is 2.84. The van der Waals surface area contributed by atoms with Gasteiger partial charge >= 0.3 is 0 Å². The van der Waals surface area contributed by atoms with Crippen molar-refractivity contribution in [2.45, 2.75) is 19.8 Å². The van der Waals surface area contributed by atoms with E-state index >= 15 is 0 Å². The monoisotopic (exact) mass is 231 g/mol. The smallest absolute Gasteiger partial charge is 0.129 e. The predicted molar refractivity (Wildman–Crippen MR) is 68.8 cm³/mol. The fourth-order valence-electron chi connectivity index (χ4n) is 1.64. The highest BCUT2D eigenvalue weighted by molar-refractivity contribution is 6.29. The molecule has 16 heavy (non-hydrogen) atoms. The number of hydrogen-bond donors (Lipinski definition) is 0. The van der Waals surface area contributed by atoms with Crippen LogP contribution < -0.4 is 0 Å². The molecular formula is C14H14ClN. The van der Waals surface area contributed by atoms with Gasteiger partial charge in [-0.1, -0.05) is 49.7 Å². The van der Waals surface area contributed by atoms with Crippen LogP contribution in [0, 0.1) is 0 Å². The summed E-state index contributed by atoms with van der Waals surface area (Å²) in [6.45, 7) is 4.39. The van der Waals surface area contributed by atoms with E-state index in [0.29, 0.717) is 11.1 Å². The van der Waals surface area contributed by atoms with Crippen LogP contribution in [-0.4, -0.2) is 4.98 Å². The summed E-state index contributed by atoms with van der Waals surface area (Å²) < 4.78 is 0. The molecule has 2 rings (SSSR count). The van der Waals surface area contributed by atoms with Crippen molar-refractivity contribution in [1.82, 2.24) is 4.98 Å². The molecule has 0 radical (unpaired) electrons. The van der Waals surface area contributed by atoms with Gasteiger partial charge in [0.15, 0.2) is 0 Å². The quantitative estimate of drug-likeness (QED) is 0.693. The Morgan fingerprint density at radius 2 is 1.69 bits per heavy atom. The van der Waals surface area contributed by atoms with E-state index in [-0.39, 0.29) is 0 Å². The Kier molecular flexibility index (Phi) is 3.25. The number of benzene rings is 1. The van der Waals surface area contributed by atoms with Crippen LogP contribution >= 0.6 is 11.6 Å². The van der Waals surface area contributed by atoms with Crippen molar-refractivity contribution >= 4 is 11.6 Å². The minimum absolute atomic E-state index is 0.533. The third kappa shape index (κ3) is 2.42. The van der Waals surface area contributed by atoms with Crippen molar-refractivity contribution in [2.75, 3.05) is 0 Å². The predicted octanol–water partition coefficient (Wildman–Crippen LogP) is 4.53. The summed E-state index contributed by atoms with van der Waals surface area (Å²) in [4.78, 5) is 3.98. The van der Waals surface area contributed by atoms with Crippen LogP contribution in [0.4, 0.5) is 0 Å². The molecule has 0 unspecified atom stereocenters. The van der Waals surface area contributed by atoms with Crippen molar-refractivity contribution in [3.8, 4) is 11.1 Å². The lowest BCUT2D eigenvalue weighted by atomic mass is 9.99. The van der Waals surface area contributed by atoms with Crippen molar-refractivity contribution in [3.63, 3.8) is 0 Å². The molecule has 0 atom stereocenters. The molecule has 0 aliphatic carbocycles. The lowest BCUT2D eigenvalue weighted by Crippen LogP contribution is -1.87. The molecule has 0 aliphatic heterocycles. The maximum absolute atomic E-state index is 5.87. The summed E-state index contributed by atoms with van der Waals surface area (Å²) in [6, 6.07) is 12.4. The second kappa shape index (κ2) is 4.67. The van der Waals surface area contributed by atoms with Gasteiger partial charge in [-0.25, -0.2) is 4.98 Å². The summed E-state index contributed by atoms with van der Waals surface area (Å²) in [5.74, 6) is 0.565. The normalized spacial score (nSPS) is 10.8. The average molecular weight is 232 g/mol. The van der Waals surface area contributed by atoms with E-state index in [4.69, 9.17) is 11.6 Å². The molecule has 0 fully saturated rings. The maximum atomic E-state index is 5.87. The molecule has 0 amide bonds. The van der Waals surface area contributed by atoms with E-state index in [1.807, 2.05) is 12.1 Å². The van der Waals surface area contributed by atoms with Gasteiger partial charge in [0.2, 0.25) is 0 Å². The van der Waals surface area contributed by atoms with E-state index in [1.54, 1.807) is 6.20 Å². The number of aromatic nitrogens is 1. The van der Waals surface area contributed by atoms with Crippen LogP contribution in [0.3, 0.4) is 0 Å². The van der Waals surface area contributed by atoms with Gasteiger partial charge < -0.3 is 0 Å². The van der Waals surface area contributed by atoms with E-state index < -0.39 is 0 Å². The lowest BCUT2D eigenvalue weighted by molar-refractivity contribution is 0.867. The largest absolute Gasteiger partial charge is 0.245 e. The number of pyridine rings is 1. The van der Waals surface area contributed by atoms with E-state index in [1.165, 1.54) is 11.1 Å². The van der Waals surface area contributed by atoms with Gasteiger partial charge in [0.1, 0.15) is 5.15 Å². The topological polar surface area (TPSA) is 12.9 Å². The second-order valence-electron chi connectivity index (χ2n) is 4.14. The van der Waals surface area contributed by atoms with Crippen LogP contribution in [0.15, 0.2) is 42.6 Å². The zero-order chi connectivity index (χ0) is 11.5. The Balaban J connectivity index is 2.35. The van der Waals surface area contributed by atoms with E-state index in [9.17, 15) is 0 Å². The molecular weight excluding hydrogens is 218 g/mol. The number of hydrogen-bond acceptors (Lipinski definition) is 1. The summed E-state index contributed by atoms with van der Waals surface area (Å²) in [5.41, 5.74) is 3.63. The second-order valence-corrected chi connectivity index (χ2v) is 4.53. The molecule has 0 bridgehead atoms. The standard InChI is InChI=1S/C14H14ClN/c1-10(2)11-3-5-12(6-4-11)13-7-8-16-14(15)9-13/h3-10H,1-2H3. The fourth-order valence-corrected chi connectivity index (χ4v) is 1.82. The number of halogens is 1. The third-order valence-electron chi connectivity index (χ3n) is 2.64. The summed E-state index contributed by atoms with van der Waals surface area (Å²) in [5, 5.41) is 0.533. The van der Waals surface area contributed by atoms with Crippen LogP contribution in [0.5, 0.6) is 0 Å². The maximum Gasteiger partial charge on any atom is 0.129 e. The van der Waals surface area contributed by atoms with E-state index in [2.05, 4.69) is 43.1 Å². The number of nitrogens with zero attached hydrogens (tertiary/aromatic N) is 1. The van der Waals surface area contributed by atoms with Gasteiger partial charge in [0, 0.05) is 6.20 Å². The molecule has 0 saturated carbocycles. The summed E-state index contributed by atoms with van der Waals surface area (Å²) >= 11 is 5.87. The molecule has 1 heterocycles. The Labute approximate surface area is 101 Å². The molecule has 0 spiro atoms. The van der Waals surface area contributed by atoms with E-state index in [0.717, 1.165) is 5.56 Å². The van der Waals surface area contributed by atoms with Crippen molar-refractivity contribution in [3.05, 3.63) is 53.3 Å². The Bertz CT molecular complexity index is 474. The molecule has 1 nitrogen and oxygen atoms in total. The first-order valence-corrected chi connectivity index (χ1v) is 5.76. The highest BCUT2D eigenvalue weighted by Crippen LogP contribution is 2.23. The molecule has 0 N–H and O–H groups in total. The fraction of sp³-hybridized carbons (Fsp3) is 0.214. The molecule has 1 aromatic carbocycles. The SMILES string of the molecule is CC(C)c1ccc(-c2ccnc(Cl)c2)cc1. The first kappa shape index (κ1) is 11.2. The Hall–Kier alpha value is -1.34. The Morgan fingerprint density at radius 1 is 1.00 bits per heavy atom. The first-order valence-electron chi connectivity index (χ1n) is 5.38. The lowest BCUT2D eigenvalue weighted by Gasteiger charge is -2.07. The highest BCUT2D eigenvalue weighted by Gasteiger charge is 2.01. The van der Waals surface area contributed by atoms with Gasteiger partial charge in [-0.2, -0.15) is 0 Å². The molecule has 0 aliphatic rings. The summed E-state index contributed by atoms with van der Waals surface area (Å²) in [6.07, 6.45) is 1.73. The van der Waals surface area contributed by atoms with Gasteiger partial charge in [-0.05, 0) is 34.7 Å². The van der Waals surface area contributed by atoms with Crippen molar-refractivity contribution in [2.24, 2.45) is 0 Å². The van der Waals surface area contributed by atoms with Crippen LogP contribution in [0.2, 0.25) is 5.15 Å². The number of rotatable bonds is 2. The van der Waals surface area contributed by atoms with Gasteiger partial charge in [-0.3, -0.25) is 0 Å². The summed E-state index contributed by atoms with van der Waals surface area (Å²) in [7, 11) is 0. The van der Waals surface area contributed by atoms with Crippen LogP contribution in [0.25, 0.3) is 11.1 Å². The van der Waals surface area contributed by atoms with Gasteiger partial charge in [-0.15, -0.1) is 0 Å². The average Bonchev–Trinajstić information content (AvgIpc) is 2.29.